The molecule has 0 unspecified atom stereocenters. The summed E-state index contributed by atoms with van der Waals surface area (Å²) in [5, 5.41) is 0. The minimum atomic E-state index is -4.53. The molecule has 0 saturated carbocycles. The van der Waals surface area contributed by atoms with Crippen LogP contribution in [0.2, 0.25) is 0 Å². The first-order valence-electron chi connectivity index (χ1n) is 5.21. The van der Waals surface area contributed by atoms with Crippen LogP contribution in [0.3, 0.4) is 0 Å². The predicted molar refractivity (Wildman–Crippen MR) is 61.0 cm³/mol. The highest BCUT2D eigenvalue weighted by Gasteiger charge is 2.34. The van der Waals surface area contributed by atoms with Crippen molar-refractivity contribution >= 4 is 6.29 Å². The van der Waals surface area contributed by atoms with Crippen molar-refractivity contribution < 1.29 is 22.7 Å². The van der Waals surface area contributed by atoms with E-state index in [9.17, 15) is 18.0 Å². The van der Waals surface area contributed by atoms with Gasteiger partial charge in [-0.05, 0) is 18.2 Å². The molecule has 0 bridgehead atoms. The lowest BCUT2D eigenvalue weighted by Crippen LogP contribution is -2.07. The summed E-state index contributed by atoms with van der Waals surface area (Å²) >= 11 is 0. The van der Waals surface area contributed by atoms with Gasteiger partial charge in [0, 0.05) is 5.56 Å². The normalized spacial score (nSPS) is 11.4. The number of aromatic nitrogens is 2. The highest BCUT2D eigenvalue weighted by Crippen LogP contribution is 2.38. The van der Waals surface area contributed by atoms with Gasteiger partial charge in [0.1, 0.15) is 11.6 Å². The van der Waals surface area contributed by atoms with Crippen molar-refractivity contribution in [2.75, 3.05) is 7.11 Å². The third-order valence-corrected chi connectivity index (χ3v) is 2.50. The molecule has 1 N–H and O–H groups in total. The first kappa shape index (κ1) is 13.1. The van der Waals surface area contributed by atoms with Gasteiger partial charge in [-0.15, -0.1) is 0 Å². The van der Waals surface area contributed by atoms with E-state index in [1.54, 1.807) is 0 Å². The molecular formula is C12H9F3N2O2. The zero-order chi connectivity index (χ0) is 14.0. The number of aldehydes is 1. The fourth-order valence-electron chi connectivity index (χ4n) is 1.62. The van der Waals surface area contributed by atoms with E-state index < -0.39 is 11.7 Å². The Labute approximate surface area is 106 Å². The van der Waals surface area contributed by atoms with Crippen LogP contribution < -0.4 is 4.74 Å². The van der Waals surface area contributed by atoms with E-state index in [1.165, 1.54) is 25.4 Å². The maximum Gasteiger partial charge on any atom is 0.419 e. The number of hydrogen-bond donors (Lipinski definition) is 1. The molecular weight excluding hydrogens is 261 g/mol. The number of halogens is 3. The topological polar surface area (TPSA) is 55.0 Å². The molecule has 0 radical (unpaired) electrons. The largest absolute Gasteiger partial charge is 0.496 e. The summed E-state index contributed by atoms with van der Waals surface area (Å²) < 4.78 is 43.2. The lowest BCUT2D eigenvalue weighted by atomic mass is 10.1. The van der Waals surface area contributed by atoms with Crippen LogP contribution in [-0.4, -0.2) is 23.4 Å². The number of alkyl halides is 3. The summed E-state index contributed by atoms with van der Waals surface area (Å²) in [6.07, 6.45) is -2.74. The SMILES string of the molecule is COc1ccc(-c2ncc(C=O)[nH]2)cc1C(F)(F)F. The van der Waals surface area contributed by atoms with E-state index in [0.717, 1.165) is 6.07 Å². The molecule has 1 aromatic carbocycles. The molecule has 2 aromatic rings. The summed E-state index contributed by atoms with van der Waals surface area (Å²) in [5.41, 5.74) is -0.475. The summed E-state index contributed by atoms with van der Waals surface area (Å²) in [6, 6.07) is 3.56. The molecule has 0 atom stereocenters. The maximum absolute atomic E-state index is 12.8. The molecule has 100 valence electrons. The first-order chi connectivity index (χ1) is 8.95. The second-order valence-electron chi connectivity index (χ2n) is 3.72. The Morgan fingerprint density at radius 2 is 2.11 bits per heavy atom. The second kappa shape index (κ2) is 4.75. The van der Waals surface area contributed by atoms with Crippen molar-refractivity contribution in [1.82, 2.24) is 9.97 Å². The van der Waals surface area contributed by atoms with Crippen molar-refractivity contribution in [3.8, 4) is 17.1 Å². The number of hydrogen-bond acceptors (Lipinski definition) is 3. The van der Waals surface area contributed by atoms with Gasteiger partial charge in [-0.1, -0.05) is 0 Å². The Balaban J connectivity index is 2.51. The molecule has 0 aliphatic rings. The number of rotatable bonds is 3. The predicted octanol–water partition coefficient (Wildman–Crippen LogP) is 2.92. The van der Waals surface area contributed by atoms with E-state index in [1.807, 2.05) is 0 Å². The van der Waals surface area contributed by atoms with Crippen LogP contribution >= 0.6 is 0 Å². The third kappa shape index (κ3) is 2.59. The van der Waals surface area contributed by atoms with Crippen molar-refractivity contribution in [3.05, 3.63) is 35.7 Å². The molecule has 0 aliphatic carbocycles. The van der Waals surface area contributed by atoms with E-state index in [-0.39, 0.29) is 22.8 Å². The van der Waals surface area contributed by atoms with Gasteiger partial charge in [-0.3, -0.25) is 4.79 Å². The van der Waals surface area contributed by atoms with Gasteiger partial charge in [0.15, 0.2) is 6.29 Å². The van der Waals surface area contributed by atoms with Gasteiger partial charge in [0.2, 0.25) is 0 Å². The number of aromatic amines is 1. The smallest absolute Gasteiger partial charge is 0.419 e. The highest BCUT2D eigenvalue weighted by molar-refractivity contribution is 5.73. The van der Waals surface area contributed by atoms with Gasteiger partial charge < -0.3 is 9.72 Å². The van der Waals surface area contributed by atoms with Crippen LogP contribution in [0.4, 0.5) is 13.2 Å². The molecule has 1 heterocycles. The van der Waals surface area contributed by atoms with Crippen LogP contribution in [0.15, 0.2) is 24.4 Å². The van der Waals surface area contributed by atoms with Crippen molar-refractivity contribution in [2.45, 2.75) is 6.18 Å². The number of nitrogens with one attached hydrogen (secondary N) is 1. The zero-order valence-corrected chi connectivity index (χ0v) is 9.78. The van der Waals surface area contributed by atoms with Crippen LogP contribution in [0.1, 0.15) is 16.1 Å². The van der Waals surface area contributed by atoms with Gasteiger partial charge in [-0.2, -0.15) is 13.2 Å². The summed E-state index contributed by atoms with van der Waals surface area (Å²) in [4.78, 5) is 17.0. The fourth-order valence-corrected chi connectivity index (χ4v) is 1.62. The molecule has 0 spiro atoms. The molecule has 4 nitrogen and oxygen atoms in total. The van der Waals surface area contributed by atoms with Gasteiger partial charge in [-0.25, -0.2) is 4.98 Å². The molecule has 7 heteroatoms. The summed E-state index contributed by atoms with van der Waals surface area (Å²) in [6.45, 7) is 0. The average molecular weight is 270 g/mol. The lowest BCUT2D eigenvalue weighted by molar-refractivity contribution is -0.138. The monoisotopic (exact) mass is 270 g/mol. The number of carbonyl (C=O) groups is 1. The Kier molecular flexibility index (Phi) is 3.28. The number of ether oxygens (including phenoxy) is 1. The number of methoxy groups -OCH3 is 1. The van der Waals surface area contributed by atoms with Gasteiger partial charge >= 0.3 is 6.18 Å². The van der Waals surface area contributed by atoms with E-state index >= 15 is 0 Å². The molecule has 1 aromatic heterocycles. The van der Waals surface area contributed by atoms with Crippen LogP contribution in [0, 0.1) is 0 Å². The number of imidazole rings is 1. The molecule has 0 amide bonds. The number of benzene rings is 1. The maximum atomic E-state index is 12.8. The average Bonchev–Trinajstić information content (AvgIpc) is 2.85. The summed E-state index contributed by atoms with van der Waals surface area (Å²) in [5.74, 6) is -0.0753. The Hall–Kier alpha value is -2.31. The Bertz CT molecular complexity index is 605. The fraction of sp³-hybridized carbons (Fsp3) is 0.167. The molecule has 0 aliphatic heterocycles. The zero-order valence-electron chi connectivity index (χ0n) is 9.78. The van der Waals surface area contributed by atoms with E-state index in [2.05, 4.69) is 14.7 Å². The van der Waals surface area contributed by atoms with Crippen molar-refractivity contribution in [2.24, 2.45) is 0 Å². The van der Waals surface area contributed by atoms with Crippen LogP contribution in [0.25, 0.3) is 11.4 Å². The molecule has 0 fully saturated rings. The van der Waals surface area contributed by atoms with Crippen molar-refractivity contribution in [3.63, 3.8) is 0 Å². The quantitative estimate of drug-likeness (QED) is 0.872. The molecule has 0 saturated heterocycles. The number of H-pyrrole nitrogens is 1. The summed E-state index contributed by atoms with van der Waals surface area (Å²) in [7, 11) is 1.17. The van der Waals surface area contributed by atoms with Crippen molar-refractivity contribution in [1.29, 1.82) is 0 Å². The van der Waals surface area contributed by atoms with Crippen LogP contribution in [0.5, 0.6) is 5.75 Å². The highest BCUT2D eigenvalue weighted by atomic mass is 19.4. The minimum absolute atomic E-state index is 0.190. The first-order valence-corrected chi connectivity index (χ1v) is 5.21. The minimum Gasteiger partial charge on any atom is -0.496 e. The van der Waals surface area contributed by atoms with Gasteiger partial charge in [0.25, 0.3) is 0 Å². The Morgan fingerprint density at radius 3 is 2.63 bits per heavy atom. The Morgan fingerprint density at radius 1 is 1.37 bits per heavy atom. The number of carbonyl (C=O) groups excluding carboxylic acids is 1. The standard InChI is InChI=1S/C12H9F3N2O2/c1-19-10-3-2-7(4-9(10)12(13,14)15)11-16-5-8(6-18)17-11/h2-6H,1H3,(H,16,17). The third-order valence-electron chi connectivity index (χ3n) is 2.50. The molecule has 2 rings (SSSR count). The van der Waals surface area contributed by atoms with Gasteiger partial charge in [0.05, 0.1) is 24.6 Å². The number of nitrogens with zero attached hydrogens (tertiary/aromatic N) is 1. The lowest BCUT2D eigenvalue weighted by Gasteiger charge is -2.12. The molecule has 19 heavy (non-hydrogen) atoms. The van der Waals surface area contributed by atoms with E-state index in [4.69, 9.17) is 0 Å². The van der Waals surface area contributed by atoms with E-state index in [0.29, 0.717) is 6.29 Å². The second-order valence-corrected chi connectivity index (χ2v) is 3.72. The van der Waals surface area contributed by atoms with Crippen LogP contribution in [-0.2, 0) is 6.18 Å².